The van der Waals surface area contributed by atoms with Gasteiger partial charge in [-0.2, -0.15) is 0 Å². The number of anilines is 1. The largest absolute Gasteiger partial charge is 0.443 e. The standard InChI is InChI=1S/C29H23N3O9/c1-28(2,3)41-27(36)30-21-7-5-4-6-20(21)29(26(30)35)22(24(33)16-8-12-18(13-9-16)31(37)38)23(29)25(34)17-10-14-19(15-11-17)32(39)40/h4-15,22-23H,1-3H3/t22-,23-/m1/s1. The molecule has 1 spiro atoms. The molecular formula is C29H23N3O9. The Hall–Kier alpha value is -5.26. The summed E-state index contributed by atoms with van der Waals surface area (Å²) in [7, 11) is 0. The highest BCUT2D eigenvalue weighted by atomic mass is 16.6. The lowest BCUT2D eigenvalue weighted by Crippen LogP contribution is -2.42. The van der Waals surface area contributed by atoms with E-state index in [1.54, 1.807) is 39.0 Å². The van der Waals surface area contributed by atoms with Gasteiger partial charge in [0.05, 0.1) is 32.8 Å². The number of hydrogen-bond acceptors (Lipinski definition) is 9. The number of ketones is 2. The molecule has 1 heterocycles. The van der Waals surface area contributed by atoms with Crippen molar-refractivity contribution in [2.75, 3.05) is 4.90 Å². The molecule has 2 amide bonds. The first-order chi connectivity index (χ1) is 19.3. The monoisotopic (exact) mass is 557 g/mol. The van der Waals surface area contributed by atoms with Crippen LogP contribution in [0.25, 0.3) is 0 Å². The number of non-ortho nitro benzene ring substituents is 2. The van der Waals surface area contributed by atoms with Crippen molar-refractivity contribution in [2.24, 2.45) is 11.8 Å². The van der Waals surface area contributed by atoms with Crippen LogP contribution in [0.15, 0.2) is 72.8 Å². The van der Waals surface area contributed by atoms with Gasteiger partial charge < -0.3 is 4.74 Å². The van der Waals surface area contributed by atoms with Crippen LogP contribution in [-0.2, 0) is 14.9 Å². The molecule has 0 saturated heterocycles. The van der Waals surface area contributed by atoms with E-state index in [1.165, 1.54) is 30.3 Å². The van der Waals surface area contributed by atoms with E-state index in [1.807, 2.05) is 0 Å². The van der Waals surface area contributed by atoms with Gasteiger partial charge in [-0.15, -0.1) is 0 Å². The lowest BCUT2D eigenvalue weighted by atomic mass is 9.90. The van der Waals surface area contributed by atoms with Gasteiger partial charge in [0.15, 0.2) is 11.6 Å². The molecule has 2 aliphatic rings. The van der Waals surface area contributed by atoms with Gasteiger partial charge in [0, 0.05) is 35.4 Å². The first-order valence-electron chi connectivity index (χ1n) is 12.5. The maximum atomic E-state index is 14.2. The number of carbonyl (C=O) groups excluding carboxylic acids is 4. The predicted octanol–water partition coefficient (Wildman–Crippen LogP) is 5.03. The van der Waals surface area contributed by atoms with Crippen LogP contribution < -0.4 is 4.90 Å². The number of imide groups is 1. The molecule has 12 nitrogen and oxygen atoms in total. The van der Waals surface area contributed by atoms with Crippen LogP contribution in [0.1, 0.15) is 47.1 Å². The Labute approximate surface area is 232 Å². The van der Waals surface area contributed by atoms with Gasteiger partial charge >= 0.3 is 6.09 Å². The minimum atomic E-state index is -1.76. The van der Waals surface area contributed by atoms with E-state index >= 15 is 0 Å². The van der Waals surface area contributed by atoms with Gasteiger partial charge in [-0.1, -0.05) is 18.2 Å². The zero-order valence-corrected chi connectivity index (χ0v) is 22.1. The molecule has 1 aliphatic carbocycles. The van der Waals surface area contributed by atoms with Crippen LogP contribution in [0.5, 0.6) is 0 Å². The summed E-state index contributed by atoms with van der Waals surface area (Å²) < 4.78 is 5.47. The normalized spacial score (nSPS) is 20.9. The average Bonchev–Trinajstić information content (AvgIpc) is 3.55. The number of Topliss-reactive ketones (excluding diaryl/α,β-unsaturated/α-hetero) is 2. The molecule has 5 rings (SSSR count). The first-order valence-corrected chi connectivity index (χ1v) is 12.5. The molecule has 0 aromatic heterocycles. The van der Waals surface area contributed by atoms with Crippen LogP contribution in [0, 0.1) is 32.1 Å². The second-order valence-electron chi connectivity index (χ2n) is 10.8. The van der Waals surface area contributed by atoms with E-state index in [-0.39, 0.29) is 33.8 Å². The molecule has 1 saturated carbocycles. The highest BCUT2D eigenvalue weighted by Gasteiger charge is 2.80. The third-order valence-electron chi connectivity index (χ3n) is 7.22. The van der Waals surface area contributed by atoms with Crippen LogP contribution in [-0.4, -0.2) is 39.0 Å². The van der Waals surface area contributed by atoms with E-state index < -0.39 is 56.3 Å². The SMILES string of the molecule is CC(C)(C)OC(=O)N1C(=O)C2(c3ccccc31)[C@@H](C(=O)c1ccc([N+](=O)[O-])cc1)[C@@H]2C(=O)c1ccc([N+](=O)[O-])cc1. The van der Waals surface area contributed by atoms with Crippen LogP contribution >= 0.6 is 0 Å². The first kappa shape index (κ1) is 27.3. The van der Waals surface area contributed by atoms with Gasteiger partial charge in [-0.25, -0.2) is 9.69 Å². The number of rotatable bonds is 6. The fourth-order valence-corrected chi connectivity index (χ4v) is 5.48. The molecule has 208 valence electrons. The van der Waals surface area contributed by atoms with Crippen molar-refractivity contribution in [1.29, 1.82) is 0 Å². The Morgan fingerprint density at radius 1 is 0.780 bits per heavy atom. The van der Waals surface area contributed by atoms with Gasteiger partial charge in [0.1, 0.15) is 5.60 Å². The lowest BCUT2D eigenvalue weighted by molar-refractivity contribution is -0.385. The molecule has 3 aromatic rings. The molecule has 1 fully saturated rings. The molecule has 0 radical (unpaired) electrons. The molecule has 2 atom stereocenters. The number of fused-ring (bicyclic) bond motifs is 2. The maximum absolute atomic E-state index is 14.2. The maximum Gasteiger partial charge on any atom is 0.421 e. The summed E-state index contributed by atoms with van der Waals surface area (Å²) in [5.74, 6) is -4.56. The fourth-order valence-electron chi connectivity index (χ4n) is 5.48. The second-order valence-corrected chi connectivity index (χ2v) is 10.8. The van der Waals surface area contributed by atoms with Crippen molar-refractivity contribution < 1.29 is 33.8 Å². The topological polar surface area (TPSA) is 167 Å². The van der Waals surface area contributed by atoms with Gasteiger partial charge in [0.25, 0.3) is 11.4 Å². The van der Waals surface area contributed by atoms with E-state index in [0.29, 0.717) is 0 Å². The third-order valence-corrected chi connectivity index (χ3v) is 7.22. The summed E-state index contributed by atoms with van der Waals surface area (Å²) in [6.07, 6.45) is -0.971. The van der Waals surface area contributed by atoms with Gasteiger partial charge in [-0.05, 0) is 56.7 Å². The Balaban J connectivity index is 1.63. The molecule has 41 heavy (non-hydrogen) atoms. The number of nitro groups is 2. The minimum Gasteiger partial charge on any atom is -0.443 e. The van der Waals surface area contributed by atoms with E-state index in [9.17, 15) is 39.4 Å². The summed E-state index contributed by atoms with van der Waals surface area (Å²) in [5.41, 5.74) is -2.66. The van der Waals surface area contributed by atoms with Crippen molar-refractivity contribution in [3.05, 3.63) is 110 Å². The Morgan fingerprint density at radius 2 is 1.22 bits per heavy atom. The highest BCUT2D eigenvalue weighted by Crippen LogP contribution is 2.68. The van der Waals surface area contributed by atoms with Crippen molar-refractivity contribution in [1.82, 2.24) is 0 Å². The van der Waals surface area contributed by atoms with Crippen molar-refractivity contribution in [3.63, 3.8) is 0 Å². The number of carbonyl (C=O) groups is 4. The molecule has 0 N–H and O–H groups in total. The molecule has 1 aliphatic heterocycles. The quantitative estimate of drug-likeness (QED) is 0.229. The lowest BCUT2D eigenvalue weighted by Gasteiger charge is -2.24. The predicted molar refractivity (Wildman–Crippen MR) is 144 cm³/mol. The number of nitrogens with zero attached hydrogens (tertiary/aromatic N) is 3. The number of amides is 2. The third kappa shape index (κ3) is 4.33. The molecule has 0 unspecified atom stereocenters. The van der Waals surface area contributed by atoms with Crippen LogP contribution in [0.4, 0.5) is 21.9 Å². The summed E-state index contributed by atoms with van der Waals surface area (Å²) in [6.45, 7) is 4.89. The smallest absolute Gasteiger partial charge is 0.421 e. The highest BCUT2D eigenvalue weighted by molar-refractivity contribution is 6.29. The number of benzene rings is 3. The summed E-state index contributed by atoms with van der Waals surface area (Å²) in [4.78, 5) is 77.0. The van der Waals surface area contributed by atoms with Crippen LogP contribution in [0.2, 0.25) is 0 Å². The van der Waals surface area contributed by atoms with Crippen molar-refractivity contribution >= 4 is 40.6 Å². The van der Waals surface area contributed by atoms with Crippen molar-refractivity contribution in [3.8, 4) is 0 Å². The number of hydrogen-bond donors (Lipinski definition) is 0. The Kier molecular flexibility index (Phi) is 6.29. The summed E-state index contributed by atoms with van der Waals surface area (Å²) in [5, 5.41) is 22.2. The molecule has 0 bridgehead atoms. The molecule has 12 heteroatoms. The second kappa shape index (κ2) is 9.44. The van der Waals surface area contributed by atoms with Crippen molar-refractivity contribution in [2.45, 2.75) is 31.8 Å². The average molecular weight is 558 g/mol. The van der Waals surface area contributed by atoms with Gasteiger partial charge in [0.2, 0.25) is 5.91 Å². The van der Waals surface area contributed by atoms with E-state index in [2.05, 4.69) is 0 Å². The zero-order chi connectivity index (χ0) is 29.9. The Morgan fingerprint density at radius 3 is 1.63 bits per heavy atom. The van der Waals surface area contributed by atoms with E-state index in [4.69, 9.17) is 4.74 Å². The van der Waals surface area contributed by atoms with E-state index in [0.717, 1.165) is 29.2 Å². The summed E-state index contributed by atoms with van der Waals surface area (Å²) >= 11 is 0. The fraction of sp³-hybridized carbons (Fsp3) is 0.241. The van der Waals surface area contributed by atoms with Crippen LogP contribution in [0.3, 0.4) is 0 Å². The Bertz CT molecular complexity index is 1560. The van der Waals surface area contributed by atoms with Gasteiger partial charge in [-0.3, -0.25) is 34.6 Å². The molecule has 3 aromatic carbocycles. The number of ether oxygens (including phenoxy) is 1. The minimum absolute atomic E-state index is 0.0416. The number of nitro benzene ring substituents is 2. The zero-order valence-electron chi connectivity index (χ0n) is 22.1. The summed E-state index contributed by atoms with van der Waals surface area (Å²) in [6, 6.07) is 15.9. The molecular weight excluding hydrogens is 534 g/mol. The number of para-hydroxylation sites is 1.